The summed E-state index contributed by atoms with van der Waals surface area (Å²) in [5, 5.41) is 11.3. The van der Waals surface area contributed by atoms with Gasteiger partial charge < -0.3 is 16.2 Å². The average molecular weight is 265 g/mol. The number of carbonyl (C=O) groups is 2. The van der Waals surface area contributed by atoms with E-state index in [1.807, 2.05) is 6.92 Å². The Balaban J connectivity index is 2.53. The first-order chi connectivity index (χ1) is 9.05. The Morgan fingerprint density at radius 3 is 2.68 bits per heavy atom. The van der Waals surface area contributed by atoms with Crippen molar-refractivity contribution in [2.45, 2.75) is 26.2 Å². The fourth-order valence-electron chi connectivity index (χ4n) is 1.63. The van der Waals surface area contributed by atoms with Crippen LogP contribution in [0.15, 0.2) is 18.3 Å². The molecule has 1 unspecified atom stereocenters. The lowest BCUT2D eigenvalue weighted by molar-refractivity contribution is -0.136. The van der Waals surface area contributed by atoms with E-state index in [9.17, 15) is 9.59 Å². The first kappa shape index (κ1) is 15.1. The van der Waals surface area contributed by atoms with Crippen LogP contribution in [-0.2, 0) is 16.0 Å². The zero-order valence-electron chi connectivity index (χ0n) is 10.9. The van der Waals surface area contributed by atoms with Gasteiger partial charge in [0.2, 0.25) is 5.91 Å². The van der Waals surface area contributed by atoms with Crippen LogP contribution in [0, 0.1) is 5.92 Å². The van der Waals surface area contributed by atoms with E-state index in [4.69, 9.17) is 10.8 Å². The van der Waals surface area contributed by atoms with Crippen LogP contribution in [0.25, 0.3) is 0 Å². The van der Waals surface area contributed by atoms with Gasteiger partial charge in [-0.3, -0.25) is 14.6 Å². The second kappa shape index (κ2) is 7.48. The van der Waals surface area contributed by atoms with Crippen LogP contribution in [0.2, 0.25) is 0 Å². The number of nitrogens with two attached hydrogens (primary N) is 1. The second-order valence-corrected chi connectivity index (χ2v) is 4.37. The molecule has 1 aromatic rings. The summed E-state index contributed by atoms with van der Waals surface area (Å²) in [6.07, 6.45) is 2.57. The Labute approximate surface area is 112 Å². The molecule has 0 fully saturated rings. The van der Waals surface area contributed by atoms with Gasteiger partial charge >= 0.3 is 5.97 Å². The third-order valence-corrected chi connectivity index (χ3v) is 2.83. The molecule has 0 saturated heterocycles. The van der Waals surface area contributed by atoms with Gasteiger partial charge in [0.25, 0.3) is 0 Å². The SMILES string of the molecule is CCC(CN)CC(=O)Nc1ccc(CC(=O)O)nc1. The summed E-state index contributed by atoms with van der Waals surface area (Å²) in [5.41, 5.74) is 6.56. The quantitative estimate of drug-likeness (QED) is 0.682. The number of amides is 1. The van der Waals surface area contributed by atoms with Gasteiger partial charge in [-0.1, -0.05) is 13.3 Å². The first-order valence-electron chi connectivity index (χ1n) is 6.21. The molecule has 1 heterocycles. The molecule has 0 aliphatic heterocycles. The largest absolute Gasteiger partial charge is 0.481 e. The maximum atomic E-state index is 11.7. The number of aliphatic carboxylic acids is 1. The Bertz CT molecular complexity index is 427. The highest BCUT2D eigenvalue weighted by molar-refractivity contribution is 5.90. The molecular weight excluding hydrogens is 246 g/mol. The molecule has 0 radical (unpaired) electrons. The minimum Gasteiger partial charge on any atom is -0.481 e. The lowest BCUT2D eigenvalue weighted by Crippen LogP contribution is -2.21. The highest BCUT2D eigenvalue weighted by Gasteiger charge is 2.11. The van der Waals surface area contributed by atoms with Crippen molar-refractivity contribution in [2.75, 3.05) is 11.9 Å². The smallest absolute Gasteiger partial charge is 0.309 e. The van der Waals surface area contributed by atoms with Crippen molar-refractivity contribution in [1.29, 1.82) is 0 Å². The molecule has 6 nitrogen and oxygen atoms in total. The number of carboxylic acid groups (broad SMARTS) is 1. The summed E-state index contributed by atoms with van der Waals surface area (Å²) in [6.45, 7) is 2.48. The van der Waals surface area contributed by atoms with Crippen molar-refractivity contribution in [1.82, 2.24) is 4.98 Å². The molecule has 0 bridgehead atoms. The van der Waals surface area contributed by atoms with Crippen molar-refractivity contribution >= 4 is 17.6 Å². The fraction of sp³-hybridized carbons (Fsp3) is 0.462. The van der Waals surface area contributed by atoms with Crippen LogP contribution in [0.3, 0.4) is 0 Å². The maximum Gasteiger partial charge on any atom is 0.309 e. The third kappa shape index (κ3) is 5.48. The molecule has 1 atom stereocenters. The number of nitrogens with zero attached hydrogens (tertiary/aromatic N) is 1. The zero-order chi connectivity index (χ0) is 14.3. The molecule has 0 saturated carbocycles. The predicted octanol–water partition coefficient (Wildman–Crippen LogP) is 1.02. The van der Waals surface area contributed by atoms with Crippen molar-refractivity contribution < 1.29 is 14.7 Å². The van der Waals surface area contributed by atoms with Gasteiger partial charge in [-0.15, -0.1) is 0 Å². The van der Waals surface area contributed by atoms with E-state index in [0.717, 1.165) is 6.42 Å². The molecule has 1 aromatic heterocycles. The van der Waals surface area contributed by atoms with Crippen molar-refractivity contribution in [3.63, 3.8) is 0 Å². The van der Waals surface area contributed by atoms with E-state index in [1.54, 1.807) is 12.1 Å². The number of carboxylic acids is 1. The lowest BCUT2D eigenvalue weighted by atomic mass is 10.0. The number of nitrogens with one attached hydrogen (secondary N) is 1. The highest BCUT2D eigenvalue weighted by Crippen LogP contribution is 2.11. The second-order valence-electron chi connectivity index (χ2n) is 4.37. The number of hydrogen-bond donors (Lipinski definition) is 3. The van der Waals surface area contributed by atoms with Crippen LogP contribution in [-0.4, -0.2) is 28.5 Å². The van der Waals surface area contributed by atoms with Crippen molar-refractivity contribution in [3.8, 4) is 0 Å². The number of pyridine rings is 1. The molecule has 1 rings (SSSR count). The summed E-state index contributed by atoms with van der Waals surface area (Å²) in [6, 6.07) is 3.23. The molecule has 0 aliphatic rings. The third-order valence-electron chi connectivity index (χ3n) is 2.83. The van der Waals surface area contributed by atoms with Gasteiger partial charge in [0, 0.05) is 6.42 Å². The molecule has 19 heavy (non-hydrogen) atoms. The number of aromatic nitrogens is 1. The lowest BCUT2D eigenvalue weighted by Gasteiger charge is -2.11. The zero-order valence-corrected chi connectivity index (χ0v) is 10.9. The van der Waals surface area contributed by atoms with Gasteiger partial charge in [-0.25, -0.2) is 0 Å². The molecule has 6 heteroatoms. The van der Waals surface area contributed by atoms with Crippen LogP contribution in [0.5, 0.6) is 0 Å². The summed E-state index contributed by atoms with van der Waals surface area (Å²) in [4.78, 5) is 26.2. The molecule has 104 valence electrons. The summed E-state index contributed by atoms with van der Waals surface area (Å²) < 4.78 is 0. The van der Waals surface area contributed by atoms with Gasteiger partial charge in [0.15, 0.2) is 0 Å². The number of rotatable bonds is 7. The van der Waals surface area contributed by atoms with Gasteiger partial charge in [0.1, 0.15) is 0 Å². The molecule has 4 N–H and O–H groups in total. The number of anilines is 1. The Morgan fingerprint density at radius 2 is 2.21 bits per heavy atom. The molecule has 1 amide bonds. The normalized spacial score (nSPS) is 11.9. The van der Waals surface area contributed by atoms with E-state index in [1.165, 1.54) is 6.20 Å². The van der Waals surface area contributed by atoms with E-state index < -0.39 is 5.97 Å². The first-order valence-corrected chi connectivity index (χ1v) is 6.21. The minimum atomic E-state index is -0.932. The minimum absolute atomic E-state index is 0.106. The average Bonchev–Trinajstić information content (AvgIpc) is 2.37. The van der Waals surface area contributed by atoms with Gasteiger partial charge in [0.05, 0.1) is 24.0 Å². The van der Waals surface area contributed by atoms with E-state index in [-0.39, 0.29) is 18.2 Å². The Hall–Kier alpha value is -1.95. The van der Waals surface area contributed by atoms with E-state index in [2.05, 4.69) is 10.3 Å². The van der Waals surface area contributed by atoms with Crippen LogP contribution >= 0.6 is 0 Å². The van der Waals surface area contributed by atoms with Crippen molar-refractivity contribution in [2.24, 2.45) is 11.7 Å². The summed E-state index contributed by atoms with van der Waals surface area (Å²) in [5.74, 6) is -0.859. The molecule has 0 aromatic carbocycles. The monoisotopic (exact) mass is 265 g/mol. The molecule has 0 spiro atoms. The summed E-state index contributed by atoms with van der Waals surface area (Å²) >= 11 is 0. The number of carbonyl (C=O) groups excluding carboxylic acids is 1. The summed E-state index contributed by atoms with van der Waals surface area (Å²) in [7, 11) is 0. The maximum absolute atomic E-state index is 11.7. The van der Waals surface area contributed by atoms with Gasteiger partial charge in [-0.2, -0.15) is 0 Å². The Kier molecular flexibility index (Phi) is 5.95. The van der Waals surface area contributed by atoms with Crippen molar-refractivity contribution in [3.05, 3.63) is 24.0 Å². The number of hydrogen-bond acceptors (Lipinski definition) is 4. The molecular formula is C13H19N3O3. The van der Waals surface area contributed by atoms with E-state index >= 15 is 0 Å². The van der Waals surface area contributed by atoms with Crippen LogP contribution < -0.4 is 11.1 Å². The van der Waals surface area contributed by atoms with E-state index in [0.29, 0.717) is 24.3 Å². The Morgan fingerprint density at radius 1 is 1.47 bits per heavy atom. The standard InChI is InChI=1S/C13H19N3O3/c1-2-9(7-14)5-12(17)16-11-4-3-10(15-8-11)6-13(18)19/h3-4,8-9H,2,5-7,14H2,1H3,(H,16,17)(H,18,19). The molecule has 0 aliphatic carbocycles. The topological polar surface area (TPSA) is 105 Å². The van der Waals surface area contributed by atoms with Crippen LogP contribution in [0.1, 0.15) is 25.5 Å². The highest BCUT2D eigenvalue weighted by atomic mass is 16.4. The fourth-order valence-corrected chi connectivity index (χ4v) is 1.63. The predicted molar refractivity (Wildman–Crippen MR) is 71.7 cm³/mol. The van der Waals surface area contributed by atoms with Gasteiger partial charge in [-0.05, 0) is 24.6 Å². The van der Waals surface area contributed by atoms with Crippen LogP contribution in [0.4, 0.5) is 5.69 Å².